The molecule has 2 heterocycles. The van der Waals surface area contributed by atoms with Crippen molar-refractivity contribution in [1.82, 2.24) is 10.4 Å². The fourth-order valence-corrected chi connectivity index (χ4v) is 7.90. The van der Waals surface area contributed by atoms with Crippen LogP contribution in [0.4, 0.5) is 5.69 Å². The Hall–Kier alpha value is -4.78. The lowest BCUT2D eigenvalue weighted by molar-refractivity contribution is -0.198. The molecule has 100 heavy (non-hydrogen) atoms. The molecule has 1 fully saturated rings. The van der Waals surface area contributed by atoms with E-state index >= 15 is 0 Å². The zero-order valence-corrected chi connectivity index (χ0v) is 58.3. The molecule has 1 saturated heterocycles. The molecule has 2 aliphatic heterocycles. The first-order chi connectivity index (χ1) is 49.4. The van der Waals surface area contributed by atoms with Gasteiger partial charge >= 0.3 is 5.97 Å². The Morgan fingerprint density at radius 2 is 0.520 bits per heavy atom. The molecule has 576 valence electrons. The fourth-order valence-electron chi connectivity index (χ4n) is 7.90. The van der Waals surface area contributed by atoms with Gasteiger partial charge in [0.15, 0.2) is 0 Å². The van der Waals surface area contributed by atoms with Crippen LogP contribution in [0.3, 0.4) is 0 Å². The van der Waals surface area contributed by atoms with Gasteiger partial charge in [-0.3, -0.25) is 24.0 Å². The van der Waals surface area contributed by atoms with Crippen molar-refractivity contribution < 1.29 is 147 Å². The molecule has 0 spiro atoms. The van der Waals surface area contributed by atoms with Crippen molar-refractivity contribution in [1.29, 1.82) is 0 Å². The molecular weight excluding hydrogens is 1330 g/mol. The van der Waals surface area contributed by atoms with Gasteiger partial charge in [-0.1, -0.05) is 6.07 Å². The second-order valence-electron chi connectivity index (χ2n) is 20.6. The van der Waals surface area contributed by atoms with Crippen molar-refractivity contribution >= 4 is 41.2 Å². The molecule has 34 heteroatoms. The quantitative estimate of drug-likeness (QED) is 0.0674. The lowest BCUT2D eigenvalue weighted by Gasteiger charge is -2.14. The van der Waals surface area contributed by atoms with Crippen molar-refractivity contribution in [2.75, 3.05) is 329 Å². The third-order valence-electron chi connectivity index (χ3n) is 12.9. The molecule has 0 aliphatic carbocycles. The minimum Gasteiger partial charge on any atom is -0.378 e. The van der Waals surface area contributed by atoms with E-state index in [2.05, 4.69) is 5.32 Å². The highest BCUT2D eigenvalue weighted by Gasteiger charge is 2.33. The Labute approximate surface area is 586 Å². The predicted octanol–water partition coefficient (Wildman–Crippen LogP) is 0.241. The summed E-state index contributed by atoms with van der Waals surface area (Å²) in [6.45, 7) is 21.0. The Kier molecular flexibility index (Phi) is 61.4. The highest BCUT2D eigenvalue weighted by atomic mass is 16.7. The van der Waals surface area contributed by atoms with E-state index in [1.54, 1.807) is 18.2 Å². The molecule has 0 saturated carbocycles. The summed E-state index contributed by atoms with van der Waals surface area (Å²) in [6, 6.07) is 6.31. The lowest BCUT2D eigenvalue weighted by atomic mass is 10.1. The number of rotatable bonds is 78. The predicted molar refractivity (Wildman–Crippen MR) is 352 cm³/mol. The smallest absolute Gasteiger partial charge is 0.335 e. The van der Waals surface area contributed by atoms with Crippen LogP contribution < -0.4 is 10.2 Å². The van der Waals surface area contributed by atoms with Gasteiger partial charge in [0.25, 0.3) is 29.5 Å². The number of hydroxylamine groups is 2. The van der Waals surface area contributed by atoms with Gasteiger partial charge in [-0.25, -0.2) is 9.69 Å². The Morgan fingerprint density at radius 1 is 0.300 bits per heavy atom. The lowest BCUT2D eigenvalue weighted by Crippen LogP contribution is -2.32. The largest absolute Gasteiger partial charge is 0.378 e. The minimum atomic E-state index is -0.708. The summed E-state index contributed by atoms with van der Waals surface area (Å²) in [5.41, 5.74) is 0.666. The van der Waals surface area contributed by atoms with Crippen LogP contribution in [0.2, 0.25) is 0 Å². The van der Waals surface area contributed by atoms with Crippen LogP contribution in [0.5, 0.6) is 0 Å². The van der Waals surface area contributed by atoms with E-state index in [1.165, 1.54) is 18.2 Å². The number of ether oxygens (including phenoxy) is 24. The topological polar surface area (TPSA) is 352 Å². The molecule has 3 rings (SSSR count). The Morgan fingerprint density at radius 3 is 0.760 bits per heavy atom. The van der Waals surface area contributed by atoms with E-state index < -0.39 is 29.6 Å². The molecule has 0 aromatic heterocycles. The van der Waals surface area contributed by atoms with E-state index in [9.17, 15) is 28.8 Å². The molecule has 0 bridgehead atoms. The summed E-state index contributed by atoms with van der Waals surface area (Å²) in [5.74, 6) is -2.97. The standard InChI is InChI=1S/C66H111N3O31/c70-61-4-5-62(71)68(61)60-3-1-2-59(58-60)66(75)67-9-11-77-13-15-79-17-19-81-21-23-83-25-27-85-29-31-87-33-35-89-37-39-91-41-43-93-45-47-95-49-51-97-53-55-99-57-56-98-54-52-96-50-48-94-46-44-92-42-40-90-38-36-88-34-32-86-30-28-84-26-24-82-22-20-80-18-16-78-14-12-76-10-8-65(74)100-69-63(72)6-7-64(69)73/h1-5,58H,6-57H2,(H,67,75). The second-order valence-corrected chi connectivity index (χ2v) is 20.6. The van der Waals surface area contributed by atoms with Crippen LogP contribution in [0.1, 0.15) is 29.6 Å². The monoisotopic (exact) mass is 1440 g/mol. The van der Waals surface area contributed by atoms with E-state index in [1.807, 2.05) is 0 Å². The number of amides is 5. The normalized spacial score (nSPS) is 13.2. The number of nitrogens with one attached hydrogen (secondary N) is 1. The van der Waals surface area contributed by atoms with Gasteiger partial charge in [0, 0.05) is 37.1 Å². The fraction of sp³-hybridized carbons (Fsp3) is 0.788. The first kappa shape index (κ1) is 89.4. The molecule has 1 aromatic rings. The molecular formula is C66H111N3O31. The molecule has 2 aliphatic rings. The number of hydrogen-bond acceptors (Lipinski definition) is 31. The van der Waals surface area contributed by atoms with Crippen LogP contribution in [0.15, 0.2) is 36.4 Å². The maximum Gasteiger partial charge on any atom is 0.335 e. The SMILES string of the molecule is O=C(CCOCCOCCOCCOCCOCCOCCOCCOCCOCCOCCOCCOCCOCCOCCOCCOCCOCCOCCOCCOCCOCCOCCOCCOCCNC(=O)c1cccc(N2C(=O)C=CC2=O)c1)ON1C(=O)CCC1=O. The van der Waals surface area contributed by atoms with Gasteiger partial charge in [-0.05, 0) is 18.2 Å². The third kappa shape index (κ3) is 54.0. The summed E-state index contributed by atoms with van der Waals surface area (Å²) in [7, 11) is 0. The molecule has 1 aromatic carbocycles. The summed E-state index contributed by atoms with van der Waals surface area (Å²) in [6.07, 6.45) is 2.40. The average molecular weight is 1440 g/mol. The van der Waals surface area contributed by atoms with Gasteiger partial charge in [0.1, 0.15) is 0 Å². The number of anilines is 1. The highest BCUT2D eigenvalue weighted by molar-refractivity contribution is 6.28. The van der Waals surface area contributed by atoms with Crippen molar-refractivity contribution in [3.05, 3.63) is 42.0 Å². The van der Waals surface area contributed by atoms with E-state index in [-0.39, 0.29) is 44.9 Å². The molecule has 0 radical (unpaired) electrons. The Bertz CT molecular complexity index is 2140. The maximum atomic E-state index is 12.5. The van der Waals surface area contributed by atoms with Gasteiger partial charge < -0.3 is 124 Å². The first-order valence-corrected chi connectivity index (χ1v) is 34.2. The van der Waals surface area contributed by atoms with Crippen molar-refractivity contribution in [3.8, 4) is 0 Å². The number of benzene rings is 1. The molecule has 0 unspecified atom stereocenters. The number of hydrogen-bond donors (Lipinski definition) is 1. The molecule has 1 N–H and O–H groups in total. The van der Waals surface area contributed by atoms with Gasteiger partial charge in [0.2, 0.25) is 0 Å². The third-order valence-corrected chi connectivity index (χ3v) is 12.9. The van der Waals surface area contributed by atoms with Crippen LogP contribution in [-0.4, -0.2) is 364 Å². The van der Waals surface area contributed by atoms with E-state index in [4.69, 9.17) is 119 Å². The van der Waals surface area contributed by atoms with Crippen molar-refractivity contribution in [3.63, 3.8) is 0 Å². The number of imide groups is 2. The zero-order valence-electron chi connectivity index (χ0n) is 58.3. The zero-order chi connectivity index (χ0) is 71.2. The first-order valence-electron chi connectivity index (χ1n) is 34.2. The second kappa shape index (κ2) is 68.6. The van der Waals surface area contributed by atoms with E-state index in [0.717, 1.165) is 4.90 Å². The summed E-state index contributed by atoms with van der Waals surface area (Å²) in [4.78, 5) is 76.7. The van der Waals surface area contributed by atoms with Crippen LogP contribution in [0, 0.1) is 0 Å². The summed E-state index contributed by atoms with van der Waals surface area (Å²) < 4.78 is 132. The van der Waals surface area contributed by atoms with E-state index in [0.29, 0.717) is 320 Å². The molecule has 34 nitrogen and oxygen atoms in total. The van der Waals surface area contributed by atoms with Crippen molar-refractivity contribution in [2.45, 2.75) is 19.3 Å². The van der Waals surface area contributed by atoms with Gasteiger partial charge in [0.05, 0.1) is 329 Å². The maximum absolute atomic E-state index is 12.5. The van der Waals surface area contributed by atoms with Crippen LogP contribution in [-0.2, 0) is 142 Å². The minimum absolute atomic E-state index is 0.0496. The number of nitrogens with zero attached hydrogens (tertiary/aromatic N) is 2. The summed E-state index contributed by atoms with van der Waals surface area (Å²) in [5, 5.41) is 3.26. The highest BCUT2D eigenvalue weighted by Crippen LogP contribution is 2.20. The molecule has 0 atom stereocenters. The van der Waals surface area contributed by atoms with Crippen LogP contribution >= 0.6 is 0 Å². The van der Waals surface area contributed by atoms with Crippen molar-refractivity contribution in [2.24, 2.45) is 0 Å². The Balaban J connectivity index is 0.845. The number of carbonyl (C=O) groups excluding carboxylic acids is 6. The number of carbonyl (C=O) groups is 6. The van der Waals surface area contributed by atoms with Gasteiger partial charge in [-0.2, -0.15) is 0 Å². The van der Waals surface area contributed by atoms with Gasteiger partial charge in [-0.15, -0.1) is 5.06 Å². The average Bonchev–Trinajstić information content (AvgIpc) is 1.62. The molecule has 5 amide bonds. The summed E-state index contributed by atoms with van der Waals surface area (Å²) >= 11 is 0. The van der Waals surface area contributed by atoms with Crippen LogP contribution in [0.25, 0.3) is 0 Å².